The number of likely N-dealkylation sites (tertiary alicyclic amines) is 2. The van der Waals surface area contributed by atoms with Crippen LogP contribution in [0.1, 0.15) is 83.6 Å². The van der Waals surface area contributed by atoms with Crippen LogP contribution >= 0.6 is 0 Å². The molecule has 17 nitrogen and oxygen atoms in total. The average molecular weight is 928 g/mol. The molecule has 3 aliphatic rings. The summed E-state index contributed by atoms with van der Waals surface area (Å²) in [5, 5.41) is 8.53. The number of nitrogens with zero attached hydrogens (tertiary/aromatic N) is 7. The molecule has 17 heteroatoms. The van der Waals surface area contributed by atoms with Gasteiger partial charge in [-0.15, -0.1) is 0 Å². The standard InChI is InChI=1S/C45H54N10O5.C6H11NO/c1-4-30-7-6-8-33(21-30)34-24-40(51-41(56)28-46-3)42(50-26-34)44(58)47-13-20-60-36-11-14-55(15-12-36)45(59)37-10-9-35(27-49-37)54-18-16-53(17-19-54)29-31-22-39-38(48-25-31)23-32(5-2)43(57)52-39;1-7-5-3-2-4-6(7)8/h6-10,21-27,36,46H,4-5,11-20,28-29H2,1-3H3,(H,47,58)(H,51,56)(H,52,57);2-5H2,1H3. The summed E-state index contributed by atoms with van der Waals surface area (Å²) in [6, 6.07) is 17.6. The maximum atomic E-state index is 13.4. The van der Waals surface area contributed by atoms with Gasteiger partial charge in [-0.05, 0) is 92.6 Å². The number of carbonyl (C=O) groups excluding carboxylic acids is 4. The molecule has 1 aromatic carbocycles. The maximum Gasteiger partial charge on any atom is 0.272 e. The van der Waals surface area contributed by atoms with Crippen molar-refractivity contribution in [3.05, 3.63) is 112 Å². The highest BCUT2D eigenvalue weighted by Crippen LogP contribution is 2.26. The summed E-state index contributed by atoms with van der Waals surface area (Å²) in [7, 11) is 3.54. The van der Waals surface area contributed by atoms with Crippen molar-refractivity contribution in [1.29, 1.82) is 0 Å². The second-order valence-electron chi connectivity index (χ2n) is 17.6. The van der Waals surface area contributed by atoms with Crippen LogP contribution in [-0.4, -0.2) is 144 Å². The number of rotatable bonds is 15. The van der Waals surface area contributed by atoms with Crippen molar-refractivity contribution in [3.63, 3.8) is 0 Å². The third kappa shape index (κ3) is 13.1. The van der Waals surface area contributed by atoms with E-state index in [0.717, 1.165) is 97.5 Å². The predicted molar refractivity (Wildman–Crippen MR) is 264 cm³/mol. The van der Waals surface area contributed by atoms with Gasteiger partial charge in [0.25, 0.3) is 17.4 Å². The Bertz CT molecular complexity index is 2590. The maximum absolute atomic E-state index is 13.4. The first-order valence-corrected chi connectivity index (χ1v) is 23.9. The highest BCUT2D eigenvalue weighted by atomic mass is 16.5. The number of likely N-dealkylation sites (N-methyl/N-ethyl adjacent to an activating group) is 1. The lowest BCUT2D eigenvalue weighted by Crippen LogP contribution is -2.46. The molecule has 7 heterocycles. The molecular weight excluding hydrogens is 863 g/mol. The van der Waals surface area contributed by atoms with Crippen LogP contribution < -0.4 is 26.4 Å². The number of piperazine rings is 1. The quantitative estimate of drug-likeness (QED) is 0.106. The van der Waals surface area contributed by atoms with Crippen LogP contribution in [0.25, 0.3) is 22.2 Å². The molecule has 0 bridgehead atoms. The van der Waals surface area contributed by atoms with Crippen molar-refractivity contribution in [2.45, 2.75) is 71.4 Å². The van der Waals surface area contributed by atoms with Crippen molar-refractivity contribution < 1.29 is 23.9 Å². The van der Waals surface area contributed by atoms with Crippen molar-refractivity contribution in [3.8, 4) is 11.1 Å². The first-order chi connectivity index (χ1) is 33.0. The van der Waals surface area contributed by atoms with Gasteiger partial charge in [0, 0.05) is 95.9 Å². The number of aromatic amines is 1. The minimum atomic E-state index is -0.408. The minimum Gasteiger partial charge on any atom is -0.376 e. The second-order valence-corrected chi connectivity index (χ2v) is 17.6. The van der Waals surface area contributed by atoms with Gasteiger partial charge in [-0.3, -0.25) is 33.9 Å². The molecule has 8 rings (SSSR count). The van der Waals surface area contributed by atoms with Crippen LogP contribution in [-0.2, 0) is 33.7 Å². The van der Waals surface area contributed by atoms with Gasteiger partial charge in [0.05, 0.1) is 47.9 Å². The lowest BCUT2D eigenvalue weighted by atomic mass is 10.0. The number of anilines is 2. The Morgan fingerprint density at radius 3 is 2.32 bits per heavy atom. The van der Waals surface area contributed by atoms with E-state index in [2.05, 4.69) is 64.7 Å². The zero-order valence-electron chi connectivity index (χ0n) is 39.8. The molecule has 0 atom stereocenters. The molecule has 5 aromatic rings. The molecule has 3 saturated heterocycles. The Balaban J connectivity index is 0.000000775. The normalized spacial score (nSPS) is 15.8. The molecule has 0 radical (unpaired) electrons. The smallest absolute Gasteiger partial charge is 0.272 e. The number of aryl methyl sites for hydroxylation is 2. The van der Waals surface area contributed by atoms with E-state index in [1.807, 2.05) is 61.5 Å². The van der Waals surface area contributed by atoms with Crippen molar-refractivity contribution in [1.82, 2.24) is 45.3 Å². The molecule has 3 fully saturated rings. The third-order valence-electron chi connectivity index (χ3n) is 12.7. The zero-order valence-corrected chi connectivity index (χ0v) is 39.8. The van der Waals surface area contributed by atoms with Gasteiger partial charge in [0.15, 0.2) is 5.69 Å². The lowest BCUT2D eigenvalue weighted by molar-refractivity contribution is -0.131. The Morgan fingerprint density at radius 2 is 1.63 bits per heavy atom. The number of benzene rings is 1. The number of carbonyl (C=O) groups is 4. The molecule has 4 amide bonds. The van der Waals surface area contributed by atoms with Gasteiger partial charge in [0.2, 0.25) is 11.8 Å². The summed E-state index contributed by atoms with van der Waals surface area (Å²) in [5.41, 5.74) is 8.12. The van der Waals surface area contributed by atoms with Crippen LogP contribution in [0.5, 0.6) is 0 Å². The van der Waals surface area contributed by atoms with E-state index < -0.39 is 5.91 Å². The second kappa shape index (κ2) is 23.9. The predicted octanol–water partition coefficient (Wildman–Crippen LogP) is 4.66. The monoisotopic (exact) mass is 928 g/mol. The number of hydrogen-bond acceptors (Lipinski definition) is 12. The first-order valence-electron chi connectivity index (χ1n) is 23.9. The van der Waals surface area contributed by atoms with Crippen LogP contribution in [0.15, 0.2) is 78.0 Å². The SMILES string of the molecule is CCc1cccc(-c2cnc(C(=O)NCCOC3CCN(C(=O)c4ccc(N5CCN(Cc6cnc7cc(CC)c(=O)[nH]c7c6)CC5)cn4)CC3)c(NC(=O)CNC)c2)c1.CN1CCCCC1=O. The van der Waals surface area contributed by atoms with E-state index in [-0.39, 0.29) is 42.3 Å². The molecule has 0 spiro atoms. The number of fused-ring (bicyclic) bond motifs is 1. The number of H-pyrrole nitrogens is 1. The highest BCUT2D eigenvalue weighted by molar-refractivity contribution is 6.03. The van der Waals surface area contributed by atoms with Crippen LogP contribution in [0.2, 0.25) is 0 Å². The average Bonchev–Trinajstić information content (AvgIpc) is 3.36. The Labute approximate surface area is 398 Å². The topological polar surface area (TPSA) is 198 Å². The minimum absolute atomic E-state index is 0.0387. The van der Waals surface area contributed by atoms with Gasteiger partial charge < -0.3 is 40.4 Å². The highest BCUT2D eigenvalue weighted by Gasteiger charge is 2.26. The Hall–Kier alpha value is -6.56. The van der Waals surface area contributed by atoms with Gasteiger partial charge >= 0.3 is 0 Å². The number of aromatic nitrogens is 4. The molecule has 0 saturated carbocycles. The number of pyridine rings is 4. The van der Waals surface area contributed by atoms with E-state index in [4.69, 9.17) is 4.74 Å². The number of piperidine rings is 2. The fourth-order valence-corrected chi connectivity index (χ4v) is 8.66. The number of nitrogens with one attached hydrogen (secondary N) is 4. The Morgan fingerprint density at radius 1 is 0.824 bits per heavy atom. The fraction of sp³-hybridized carbons (Fsp3) is 0.451. The molecular formula is C51H65N11O6. The third-order valence-corrected chi connectivity index (χ3v) is 12.7. The molecule has 360 valence electrons. The van der Waals surface area contributed by atoms with Gasteiger partial charge in [0.1, 0.15) is 5.69 Å². The van der Waals surface area contributed by atoms with Crippen molar-refractivity contribution >= 4 is 46.0 Å². The molecule has 68 heavy (non-hydrogen) atoms. The summed E-state index contributed by atoms with van der Waals surface area (Å²) >= 11 is 0. The molecule has 0 aliphatic carbocycles. The summed E-state index contributed by atoms with van der Waals surface area (Å²) in [6.07, 6.45) is 11.2. The molecule has 3 aliphatic heterocycles. The van der Waals surface area contributed by atoms with E-state index in [1.165, 1.54) is 12.0 Å². The zero-order chi connectivity index (χ0) is 48.0. The number of ether oxygens (including phenoxy) is 1. The van der Waals surface area contributed by atoms with E-state index in [9.17, 15) is 24.0 Å². The van der Waals surface area contributed by atoms with E-state index in [0.29, 0.717) is 56.2 Å². The van der Waals surface area contributed by atoms with Crippen LogP contribution in [0.3, 0.4) is 0 Å². The van der Waals surface area contributed by atoms with Gasteiger partial charge in [-0.2, -0.15) is 0 Å². The van der Waals surface area contributed by atoms with Crippen LogP contribution in [0.4, 0.5) is 11.4 Å². The van der Waals surface area contributed by atoms with Crippen molar-refractivity contribution in [2.75, 3.05) is 89.8 Å². The van der Waals surface area contributed by atoms with Gasteiger partial charge in [-0.25, -0.2) is 9.97 Å². The lowest BCUT2D eigenvalue weighted by Gasteiger charge is -2.36. The summed E-state index contributed by atoms with van der Waals surface area (Å²) in [5.74, 6) is -0.480. The molecule has 4 aromatic heterocycles. The summed E-state index contributed by atoms with van der Waals surface area (Å²) in [4.78, 5) is 87.0. The number of hydrogen-bond donors (Lipinski definition) is 4. The Kier molecular flexibility index (Phi) is 17.4. The first kappa shape index (κ1) is 49.3. The largest absolute Gasteiger partial charge is 0.376 e. The number of amides is 4. The fourth-order valence-electron chi connectivity index (χ4n) is 8.66. The van der Waals surface area contributed by atoms with E-state index in [1.54, 1.807) is 30.4 Å². The van der Waals surface area contributed by atoms with Gasteiger partial charge in [-0.1, -0.05) is 38.1 Å². The summed E-state index contributed by atoms with van der Waals surface area (Å²) in [6.45, 7) is 10.9. The summed E-state index contributed by atoms with van der Waals surface area (Å²) < 4.78 is 6.09. The van der Waals surface area contributed by atoms with Crippen molar-refractivity contribution in [2.24, 2.45) is 0 Å². The van der Waals surface area contributed by atoms with Crippen LogP contribution in [0, 0.1) is 0 Å². The van der Waals surface area contributed by atoms with E-state index >= 15 is 0 Å². The molecule has 4 N–H and O–H groups in total. The molecule has 0 unspecified atom stereocenters.